The van der Waals surface area contributed by atoms with Gasteiger partial charge in [-0.25, -0.2) is 0 Å². The number of benzene rings is 2. The summed E-state index contributed by atoms with van der Waals surface area (Å²) in [6, 6.07) is 14.7. The summed E-state index contributed by atoms with van der Waals surface area (Å²) in [7, 11) is 0. The fourth-order valence-corrected chi connectivity index (χ4v) is 2.56. The van der Waals surface area contributed by atoms with Gasteiger partial charge >= 0.3 is 5.97 Å². The first-order chi connectivity index (χ1) is 13.8. The normalized spacial score (nSPS) is 11.2. The summed E-state index contributed by atoms with van der Waals surface area (Å²) in [4.78, 5) is 47.4. The molecule has 0 saturated heterocycles. The van der Waals surface area contributed by atoms with Gasteiger partial charge in [0.05, 0.1) is 6.04 Å². The molecule has 8 heteroatoms. The van der Waals surface area contributed by atoms with Gasteiger partial charge in [-0.1, -0.05) is 41.9 Å². The molecule has 0 aromatic heterocycles. The standard InChI is InChI=1S/C21H21ClN2O5/c1-14(25)18(11-15-5-3-2-4-6-15)24-19(26)13-29-20(27)12-23-21(28)16-7-9-17(22)10-8-16/h2-10,18H,11-13H2,1H3,(H,23,28)(H,24,26)/t18-/m0/s1. The van der Waals surface area contributed by atoms with Gasteiger partial charge in [-0.05, 0) is 43.2 Å². The van der Waals surface area contributed by atoms with Crippen molar-refractivity contribution in [2.75, 3.05) is 13.2 Å². The van der Waals surface area contributed by atoms with E-state index < -0.39 is 37.0 Å². The number of carbonyl (C=O) groups excluding carboxylic acids is 4. The molecule has 2 amide bonds. The van der Waals surface area contributed by atoms with Crippen molar-refractivity contribution in [2.45, 2.75) is 19.4 Å². The Kier molecular flexibility index (Phi) is 8.36. The van der Waals surface area contributed by atoms with E-state index in [0.717, 1.165) is 5.56 Å². The lowest BCUT2D eigenvalue weighted by molar-refractivity contribution is -0.147. The Morgan fingerprint density at radius 1 is 1.00 bits per heavy atom. The molecule has 0 radical (unpaired) electrons. The lowest BCUT2D eigenvalue weighted by Crippen LogP contribution is -2.43. The highest BCUT2D eigenvalue weighted by Crippen LogP contribution is 2.09. The van der Waals surface area contributed by atoms with Crippen molar-refractivity contribution >= 4 is 35.2 Å². The van der Waals surface area contributed by atoms with Gasteiger partial charge in [0.1, 0.15) is 6.54 Å². The van der Waals surface area contributed by atoms with Gasteiger partial charge in [-0.2, -0.15) is 0 Å². The van der Waals surface area contributed by atoms with E-state index in [9.17, 15) is 19.2 Å². The summed E-state index contributed by atoms with van der Waals surface area (Å²) in [5, 5.41) is 5.43. The number of hydrogen-bond donors (Lipinski definition) is 2. The maximum absolute atomic E-state index is 12.0. The Morgan fingerprint density at radius 3 is 2.28 bits per heavy atom. The zero-order chi connectivity index (χ0) is 21.2. The van der Waals surface area contributed by atoms with E-state index >= 15 is 0 Å². The molecule has 0 saturated carbocycles. The maximum atomic E-state index is 12.0. The minimum absolute atomic E-state index is 0.205. The zero-order valence-electron chi connectivity index (χ0n) is 15.8. The lowest BCUT2D eigenvalue weighted by Gasteiger charge is -2.16. The Morgan fingerprint density at radius 2 is 1.66 bits per heavy atom. The quantitative estimate of drug-likeness (QED) is 0.608. The van der Waals surface area contributed by atoms with E-state index in [0.29, 0.717) is 17.0 Å². The van der Waals surface area contributed by atoms with Crippen LogP contribution in [-0.2, 0) is 25.5 Å². The number of amides is 2. The van der Waals surface area contributed by atoms with Crippen molar-refractivity contribution in [3.63, 3.8) is 0 Å². The van der Waals surface area contributed by atoms with E-state index in [1.807, 2.05) is 30.3 Å². The fourth-order valence-electron chi connectivity index (χ4n) is 2.44. The molecule has 0 aliphatic carbocycles. The number of ketones is 1. The highest BCUT2D eigenvalue weighted by molar-refractivity contribution is 6.30. The van der Waals surface area contributed by atoms with Crippen LogP contribution in [0.5, 0.6) is 0 Å². The third-order valence-corrected chi connectivity index (χ3v) is 4.22. The maximum Gasteiger partial charge on any atom is 0.325 e. The molecule has 7 nitrogen and oxygen atoms in total. The fraction of sp³-hybridized carbons (Fsp3) is 0.238. The minimum Gasteiger partial charge on any atom is -0.454 e. The van der Waals surface area contributed by atoms with Crippen LogP contribution in [0.3, 0.4) is 0 Å². The number of Topliss-reactive ketones (excluding diaryl/α,β-unsaturated/α-hetero) is 1. The molecule has 29 heavy (non-hydrogen) atoms. The SMILES string of the molecule is CC(=O)[C@H](Cc1ccccc1)NC(=O)COC(=O)CNC(=O)c1ccc(Cl)cc1. The van der Waals surface area contributed by atoms with Crippen LogP contribution < -0.4 is 10.6 Å². The molecule has 2 aromatic rings. The molecular formula is C21H21ClN2O5. The van der Waals surface area contributed by atoms with Gasteiger partial charge in [0, 0.05) is 10.6 Å². The van der Waals surface area contributed by atoms with Crippen molar-refractivity contribution in [3.05, 3.63) is 70.7 Å². The molecule has 0 spiro atoms. The predicted molar refractivity (Wildman–Crippen MR) is 108 cm³/mol. The summed E-state index contributed by atoms with van der Waals surface area (Å²) in [5.41, 5.74) is 1.24. The topological polar surface area (TPSA) is 102 Å². The van der Waals surface area contributed by atoms with Crippen LogP contribution in [0.25, 0.3) is 0 Å². The van der Waals surface area contributed by atoms with Crippen LogP contribution in [0.1, 0.15) is 22.8 Å². The molecule has 0 bridgehead atoms. The van der Waals surface area contributed by atoms with Crippen LogP contribution in [0.2, 0.25) is 5.02 Å². The first-order valence-electron chi connectivity index (χ1n) is 8.88. The summed E-state index contributed by atoms with van der Waals surface area (Å²) in [5.74, 6) is -2.05. The van der Waals surface area contributed by atoms with Crippen molar-refractivity contribution in [1.82, 2.24) is 10.6 Å². The molecule has 0 heterocycles. The van der Waals surface area contributed by atoms with Crippen LogP contribution in [0, 0.1) is 0 Å². The Balaban J connectivity index is 1.75. The van der Waals surface area contributed by atoms with Crippen LogP contribution in [0.4, 0.5) is 0 Å². The largest absolute Gasteiger partial charge is 0.454 e. The summed E-state index contributed by atoms with van der Waals surface area (Å²) in [6.45, 7) is 0.440. The molecule has 2 aromatic carbocycles. The number of hydrogen-bond acceptors (Lipinski definition) is 5. The Labute approximate surface area is 173 Å². The second-order valence-electron chi connectivity index (χ2n) is 6.27. The van der Waals surface area contributed by atoms with Crippen LogP contribution in [0.15, 0.2) is 54.6 Å². The van der Waals surface area contributed by atoms with Gasteiger partial charge in [0.2, 0.25) is 0 Å². The van der Waals surface area contributed by atoms with Crippen LogP contribution >= 0.6 is 11.6 Å². The number of ether oxygens (including phenoxy) is 1. The molecular weight excluding hydrogens is 396 g/mol. The van der Waals surface area contributed by atoms with Gasteiger partial charge in [-0.3, -0.25) is 19.2 Å². The summed E-state index contributed by atoms with van der Waals surface area (Å²) >= 11 is 5.75. The smallest absolute Gasteiger partial charge is 0.325 e. The molecule has 2 N–H and O–H groups in total. The van der Waals surface area contributed by atoms with Gasteiger partial charge in [0.25, 0.3) is 11.8 Å². The number of esters is 1. The van der Waals surface area contributed by atoms with E-state index in [1.54, 1.807) is 12.1 Å². The van der Waals surface area contributed by atoms with Crippen molar-refractivity contribution in [2.24, 2.45) is 0 Å². The molecule has 0 fully saturated rings. The highest BCUT2D eigenvalue weighted by Gasteiger charge is 2.18. The number of carbonyl (C=O) groups is 4. The van der Waals surface area contributed by atoms with E-state index in [2.05, 4.69) is 10.6 Å². The Hall–Kier alpha value is -3.19. The second kappa shape index (κ2) is 11.0. The molecule has 2 rings (SSSR count). The Bertz CT molecular complexity index is 868. The second-order valence-corrected chi connectivity index (χ2v) is 6.71. The highest BCUT2D eigenvalue weighted by atomic mass is 35.5. The van der Waals surface area contributed by atoms with Crippen molar-refractivity contribution in [3.8, 4) is 0 Å². The first kappa shape index (κ1) is 22.1. The van der Waals surface area contributed by atoms with Gasteiger partial charge in [-0.15, -0.1) is 0 Å². The molecule has 0 aliphatic heterocycles. The van der Waals surface area contributed by atoms with E-state index in [1.165, 1.54) is 19.1 Å². The number of rotatable bonds is 9. The van der Waals surface area contributed by atoms with Crippen molar-refractivity contribution < 1.29 is 23.9 Å². The first-order valence-corrected chi connectivity index (χ1v) is 9.26. The number of halogens is 1. The molecule has 1 atom stereocenters. The number of nitrogens with one attached hydrogen (secondary N) is 2. The van der Waals surface area contributed by atoms with Gasteiger partial charge in [0.15, 0.2) is 12.4 Å². The third kappa shape index (κ3) is 7.75. The van der Waals surface area contributed by atoms with Gasteiger partial charge < -0.3 is 15.4 Å². The minimum atomic E-state index is -0.773. The monoisotopic (exact) mass is 416 g/mol. The lowest BCUT2D eigenvalue weighted by atomic mass is 10.0. The van der Waals surface area contributed by atoms with E-state index in [4.69, 9.17) is 16.3 Å². The zero-order valence-corrected chi connectivity index (χ0v) is 16.6. The third-order valence-electron chi connectivity index (χ3n) is 3.97. The summed E-state index contributed by atoms with van der Waals surface area (Å²) < 4.78 is 4.84. The van der Waals surface area contributed by atoms with Crippen LogP contribution in [-0.4, -0.2) is 42.8 Å². The molecule has 0 aliphatic rings. The van der Waals surface area contributed by atoms with Crippen molar-refractivity contribution in [1.29, 1.82) is 0 Å². The molecule has 0 unspecified atom stereocenters. The average Bonchev–Trinajstić information content (AvgIpc) is 2.71. The van der Waals surface area contributed by atoms with E-state index in [-0.39, 0.29) is 5.78 Å². The average molecular weight is 417 g/mol. The molecule has 152 valence electrons. The summed E-state index contributed by atoms with van der Waals surface area (Å²) in [6.07, 6.45) is 0.340. The predicted octanol–water partition coefficient (Wildman–Crippen LogP) is 1.93.